The molecule has 18 heavy (non-hydrogen) atoms. The maximum Gasteiger partial charge on any atom is 0.315 e. The summed E-state index contributed by atoms with van der Waals surface area (Å²) in [5.74, 6) is 0.724. The van der Waals surface area contributed by atoms with Crippen molar-refractivity contribution in [1.29, 1.82) is 0 Å². The molecule has 0 fully saturated rings. The van der Waals surface area contributed by atoms with Gasteiger partial charge in [-0.1, -0.05) is 6.07 Å². The molecule has 0 aliphatic rings. The number of aromatic nitrogens is 1. The number of furan rings is 1. The maximum atomic E-state index is 11.5. The minimum atomic E-state index is -0.230. The number of carbonyl (C=O) groups is 1. The molecule has 2 rings (SSSR count). The predicted octanol–water partition coefficient (Wildman–Crippen LogP) is 1.98. The van der Waals surface area contributed by atoms with Gasteiger partial charge >= 0.3 is 6.03 Å². The molecule has 5 heteroatoms. The number of aryl methyl sites for hydroxylation is 1. The number of rotatable bonds is 4. The average Bonchev–Trinajstić information content (AvgIpc) is 2.89. The fourth-order valence-corrected chi connectivity index (χ4v) is 1.43. The number of pyridine rings is 1. The molecule has 0 aromatic carbocycles. The van der Waals surface area contributed by atoms with Gasteiger partial charge < -0.3 is 15.1 Å². The Labute approximate surface area is 105 Å². The van der Waals surface area contributed by atoms with E-state index in [1.165, 1.54) is 0 Å². The van der Waals surface area contributed by atoms with E-state index in [9.17, 15) is 4.79 Å². The third kappa shape index (κ3) is 3.62. The van der Waals surface area contributed by atoms with E-state index in [1.54, 1.807) is 18.5 Å². The molecule has 0 aliphatic carbocycles. The molecule has 2 aromatic rings. The quantitative estimate of drug-likeness (QED) is 0.865. The fourth-order valence-electron chi connectivity index (χ4n) is 1.43. The first-order valence-corrected chi connectivity index (χ1v) is 5.69. The van der Waals surface area contributed by atoms with Crippen molar-refractivity contribution in [1.82, 2.24) is 15.6 Å². The van der Waals surface area contributed by atoms with E-state index in [0.29, 0.717) is 13.1 Å². The van der Waals surface area contributed by atoms with Crippen molar-refractivity contribution >= 4 is 6.03 Å². The Bertz CT molecular complexity index is 491. The van der Waals surface area contributed by atoms with Crippen LogP contribution in [-0.2, 0) is 13.1 Å². The first-order valence-electron chi connectivity index (χ1n) is 5.69. The first kappa shape index (κ1) is 12.2. The third-order valence-corrected chi connectivity index (χ3v) is 2.43. The van der Waals surface area contributed by atoms with Crippen LogP contribution in [0.4, 0.5) is 4.79 Å². The highest BCUT2D eigenvalue weighted by Crippen LogP contribution is 1.99. The lowest BCUT2D eigenvalue weighted by Crippen LogP contribution is -2.34. The molecular weight excluding hydrogens is 230 g/mol. The van der Waals surface area contributed by atoms with Crippen molar-refractivity contribution in [2.45, 2.75) is 20.0 Å². The largest absolute Gasteiger partial charge is 0.467 e. The van der Waals surface area contributed by atoms with Gasteiger partial charge in [-0.3, -0.25) is 4.98 Å². The number of urea groups is 1. The van der Waals surface area contributed by atoms with Crippen LogP contribution < -0.4 is 10.6 Å². The minimum Gasteiger partial charge on any atom is -0.467 e. The Morgan fingerprint density at radius 1 is 1.28 bits per heavy atom. The van der Waals surface area contributed by atoms with Crippen LogP contribution in [0.3, 0.4) is 0 Å². The van der Waals surface area contributed by atoms with Crippen LogP contribution in [0.2, 0.25) is 0 Å². The van der Waals surface area contributed by atoms with E-state index in [-0.39, 0.29) is 6.03 Å². The number of hydrogen-bond acceptors (Lipinski definition) is 3. The Balaban J connectivity index is 1.73. The minimum absolute atomic E-state index is 0.230. The molecule has 0 saturated heterocycles. The summed E-state index contributed by atoms with van der Waals surface area (Å²) in [7, 11) is 0. The van der Waals surface area contributed by atoms with Crippen LogP contribution in [-0.4, -0.2) is 11.0 Å². The molecular formula is C13H15N3O2. The lowest BCUT2D eigenvalue weighted by molar-refractivity contribution is 0.239. The van der Waals surface area contributed by atoms with Crippen LogP contribution >= 0.6 is 0 Å². The van der Waals surface area contributed by atoms with Gasteiger partial charge in [-0.15, -0.1) is 0 Å². The van der Waals surface area contributed by atoms with Crippen molar-refractivity contribution in [2.24, 2.45) is 0 Å². The molecule has 94 valence electrons. The van der Waals surface area contributed by atoms with Crippen molar-refractivity contribution in [2.75, 3.05) is 0 Å². The van der Waals surface area contributed by atoms with Gasteiger partial charge in [0.25, 0.3) is 0 Å². The van der Waals surface area contributed by atoms with Gasteiger partial charge in [0.2, 0.25) is 0 Å². The van der Waals surface area contributed by atoms with Crippen LogP contribution in [0.25, 0.3) is 0 Å². The number of nitrogens with zero attached hydrogens (tertiary/aromatic N) is 1. The van der Waals surface area contributed by atoms with E-state index in [4.69, 9.17) is 4.42 Å². The summed E-state index contributed by atoms with van der Waals surface area (Å²) < 4.78 is 5.11. The second-order valence-corrected chi connectivity index (χ2v) is 3.92. The van der Waals surface area contributed by atoms with Gasteiger partial charge in [-0.2, -0.15) is 0 Å². The van der Waals surface area contributed by atoms with Crippen LogP contribution in [0, 0.1) is 6.92 Å². The topological polar surface area (TPSA) is 67.2 Å². The Kier molecular flexibility index (Phi) is 3.96. The summed E-state index contributed by atoms with van der Waals surface area (Å²) in [6.45, 7) is 2.76. The molecule has 0 spiro atoms. The lowest BCUT2D eigenvalue weighted by Gasteiger charge is -2.06. The highest BCUT2D eigenvalue weighted by molar-refractivity contribution is 5.73. The molecule has 0 bridgehead atoms. The molecule has 0 radical (unpaired) electrons. The highest BCUT2D eigenvalue weighted by Gasteiger charge is 2.02. The number of nitrogens with one attached hydrogen (secondary N) is 2. The van der Waals surface area contributed by atoms with Crippen molar-refractivity contribution < 1.29 is 9.21 Å². The second kappa shape index (κ2) is 5.86. The summed E-state index contributed by atoms with van der Waals surface area (Å²) in [6.07, 6.45) is 3.33. The zero-order chi connectivity index (χ0) is 12.8. The van der Waals surface area contributed by atoms with E-state index >= 15 is 0 Å². The normalized spacial score (nSPS) is 10.1. The molecule has 2 amide bonds. The summed E-state index contributed by atoms with van der Waals surface area (Å²) in [5, 5.41) is 5.45. The second-order valence-electron chi connectivity index (χ2n) is 3.92. The molecule has 2 aromatic heterocycles. The predicted molar refractivity (Wildman–Crippen MR) is 66.8 cm³/mol. The molecule has 0 aliphatic heterocycles. The number of carbonyl (C=O) groups excluding carboxylic acids is 1. The molecule has 2 N–H and O–H groups in total. The molecule has 0 atom stereocenters. The van der Waals surface area contributed by atoms with E-state index in [1.807, 2.05) is 25.1 Å². The zero-order valence-electron chi connectivity index (χ0n) is 10.1. The van der Waals surface area contributed by atoms with Gasteiger partial charge in [-0.05, 0) is 30.7 Å². The average molecular weight is 245 g/mol. The van der Waals surface area contributed by atoms with Gasteiger partial charge in [0.1, 0.15) is 5.76 Å². The molecule has 0 saturated carbocycles. The van der Waals surface area contributed by atoms with Gasteiger partial charge in [0.15, 0.2) is 0 Å². The highest BCUT2D eigenvalue weighted by atomic mass is 16.3. The molecule has 0 unspecified atom stereocenters. The lowest BCUT2D eigenvalue weighted by atomic mass is 10.2. The van der Waals surface area contributed by atoms with Gasteiger partial charge in [0.05, 0.1) is 12.8 Å². The summed E-state index contributed by atoms with van der Waals surface area (Å²) in [4.78, 5) is 15.7. The van der Waals surface area contributed by atoms with Crippen LogP contribution in [0.5, 0.6) is 0 Å². The summed E-state index contributed by atoms with van der Waals surface area (Å²) in [5.41, 5.74) is 1.93. The summed E-state index contributed by atoms with van der Waals surface area (Å²) >= 11 is 0. The first-order chi connectivity index (χ1) is 8.74. The van der Waals surface area contributed by atoms with E-state index in [2.05, 4.69) is 15.6 Å². The van der Waals surface area contributed by atoms with E-state index < -0.39 is 0 Å². The summed E-state index contributed by atoms with van der Waals surface area (Å²) in [6, 6.07) is 7.22. The van der Waals surface area contributed by atoms with Crippen LogP contribution in [0.1, 0.15) is 17.0 Å². The monoisotopic (exact) mass is 245 g/mol. The SMILES string of the molecule is Cc1ccc(CNC(=O)NCc2ccco2)cn1. The van der Waals surface area contributed by atoms with Crippen molar-refractivity contribution in [3.05, 3.63) is 53.7 Å². The van der Waals surface area contributed by atoms with Crippen molar-refractivity contribution in [3.63, 3.8) is 0 Å². The maximum absolute atomic E-state index is 11.5. The standard InChI is InChI=1S/C13H15N3O2/c1-10-4-5-11(7-14-10)8-15-13(17)16-9-12-3-2-6-18-12/h2-7H,8-9H2,1H3,(H2,15,16,17). The van der Waals surface area contributed by atoms with Crippen molar-refractivity contribution in [3.8, 4) is 0 Å². The Morgan fingerprint density at radius 2 is 2.11 bits per heavy atom. The third-order valence-electron chi connectivity index (χ3n) is 2.43. The smallest absolute Gasteiger partial charge is 0.315 e. The number of amides is 2. The number of hydrogen-bond donors (Lipinski definition) is 2. The van der Waals surface area contributed by atoms with Gasteiger partial charge in [0, 0.05) is 18.4 Å². The Hall–Kier alpha value is -2.30. The Morgan fingerprint density at radius 3 is 2.78 bits per heavy atom. The molecule has 5 nitrogen and oxygen atoms in total. The van der Waals surface area contributed by atoms with Crippen LogP contribution in [0.15, 0.2) is 41.1 Å². The van der Waals surface area contributed by atoms with Gasteiger partial charge in [-0.25, -0.2) is 4.79 Å². The fraction of sp³-hybridized carbons (Fsp3) is 0.231. The van der Waals surface area contributed by atoms with E-state index in [0.717, 1.165) is 17.0 Å². The molecule has 2 heterocycles. The zero-order valence-corrected chi connectivity index (χ0v) is 10.1.